The summed E-state index contributed by atoms with van der Waals surface area (Å²) in [5, 5.41) is 3.24. The van der Waals surface area contributed by atoms with Crippen molar-refractivity contribution in [2.24, 2.45) is 7.05 Å². The van der Waals surface area contributed by atoms with Crippen molar-refractivity contribution in [3.63, 3.8) is 0 Å². The highest BCUT2D eigenvalue weighted by Crippen LogP contribution is 2.25. The third kappa shape index (κ3) is 1.65. The first-order valence-electron chi connectivity index (χ1n) is 7.49. The number of aryl methyl sites for hydroxylation is 3. The second-order valence-corrected chi connectivity index (χ2v) is 5.95. The lowest BCUT2D eigenvalue weighted by Crippen LogP contribution is -2.42. The lowest BCUT2D eigenvalue weighted by Gasteiger charge is -2.05. The Morgan fingerprint density at radius 3 is 2.55 bits per heavy atom. The summed E-state index contributed by atoms with van der Waals surface area (Å²) in [5.74, 6) is 0.676. The van der Waals surface area contributed by atoms with Crippen LogP contribution in [0.25, 0.3) is 11.0 Å². The van der Waals surface area contributed by atoms with Gasteiger partial charge in [-0.25, -0.2) is 0 Å². The van der Waals surface area contributed by atoms with Crippen molar-refractivity contribution in [1.82, 2.24) is 4.68 Å². The summed E-state index contributed by atoms with van der Waals surface area (Å²) >= 11 is 0. The number of hydrogen-bond acceptors (Lipinski definition) is 2. The van der Waals surface area contributed by atoms with E-state index < -0.39 is 0 Å². The SMILES string of the molecule is Cn1[nH+]c(N2CCCC2)[n+](=O)c2cc3c(cc21)CCC3. The molecule has 4 rings (SSSR count). The Morgan fingerprint density at radius 1 is 1.10 bits per heavy atom. The van der Waals surface area contributed by atoms with E-state index in [1.54, 1.807) is 0 Å². The van der Waals surface area contributed by atoms with Crippen LogP contribution < -0.4 is 14.4 Å². The molecular weight excluding hydrogens is 252 g/mol. The van der Waals surface area contributed by atoms with E-state index in [9.17, 15) is 4.91 Å². The molecule has 0 saturated carbocycles. The number of H-pyrrole nitrogens is 1. The summed E-state index contributed by atoms with van der Waals surface area (Å²) in [4.78, 5) is 14.9. The zero-order chi connectivity index (χ0) is 13.7. The van der Waals surface area contributed by atoms with Crippen molar-refractivity contribution in [1.29, 1.82) is 0 Å². The van der Waals surface area contributed by atoms with E-state index in [1.165, 1.54) is 30.4 Å². The smallest absolute Gasteiger partial charge is 0.190 e. The molecule has 2 heterocycles. The van der Waals surface area contributed by atoms with Crippen LogP contribution in [0.3, 0.4) is 0 Å². The number of anilines is 1. The number of rotatable bonds is 1. The van der Waals surface area contributed by atoms with E-state index in [0.717, 1.165) is 41.4 Å². The third-order valence-electron chi connectivity index (χ3n) is 4.63. The molecule has 0 bridgehead atoms. The fraction of sp³-hybridized carbons (Fsp3) is 0.533. The van der Waals surface area contributed by atoms with Gasteiger partial charge in [-0.1, -0.05) is 5.10 Å². The van der Waals surface area contributed by atoms with Crippen LogP contribution in [0.15, 0.2) is 12.1 Å². The quantitative estimate of drug-likeness (QED) is 0.727. The average molecular weight is 272 g/mol. The largest absolute Gasteiger partial charge is 0.592 e. The van der Waals surface area contributed by atoms with Crippen LogP contribution in [0.4, 0.5) is 5.95 Å². The van der Waals surface area contributed by atoms with Crippen molar-refractivity contribution in [3.8, 4) is 0 Å². The number of hydrogen-bond donors (Lipinski definition) is 0. The minimum absolute atomic E-state index is 0.676. The maximum absolute atomic E-state index is 12.7. The Balaban J connectivity index is 1.98. The molecule has 0 radical (unpaired) electrons. The minimum atomic E-state index is 0.676. The van der Waals surface area contributed by atoms with Gasteiger partial charge < -0.3 is 0 Å². The number of aromatic nitrogens is 3. The second-order valence-electron chi connectivity index (χ2n) is 5.95. The molecule has 1 N–H and O–H groups in total. The normalized spacial score (nSPS) is 17.9. The summed E-state index contributed by atoms with van der Waals surface area (Å²) < 4.78 is 3.06. The zero-order valence-corrected chi connectivity index (χ0v) is 11.9. The van der Waals surface area contributed by atoms with E-state index in [2.05, 4.69) is 22.1 Å². The zero-order valence-electron chi connectivity index (χ0n) is 11.9. The molecule has 1 aliphatic carbocycles. The van der Waals surface area contributed by atoms with Crippen LogP contribution in [0.1, 0.15) is 30.4 Å². The van der Waals surface area contributed by atoms with Crippen LogP contribution in [0, 0.1) is 4.91 Å². The molecule has 1 aliphatic heterocycles. The Labute approximate surface area is 117 Å². The van der Waals surface area contributed by atoms with Gasteiger partial charge in [0.1, 0.15) is 23.0 Å². The van der Waals surface area contributed by atoms with Crippen molar-refractivity contribution >= 4 is 17.0 Å². The first kappa shape index (κ1) is 11.9. The first-order chi connectivity index (χ1) is 9.74. The van der Waals surface area contributed by atoms with Gasteiger partial charge in [0, 0.05) is 6.07 Å². The third-order valence-corrected chi connectivity index (χ3v) is 4.63. The standard InChI is InChI=1S/C15H19N4O/c1-17-13-9-11-5-4-6-12(11)10-14(13)19(20)15(16-17)18-7-2-3-8-18/h9-10H,2-8H2,1H3/q+1/p+1. The highest BCUT2D eigenvalue weighted by atomic mass is 16.3. The maximum Gasteiger partial charge on any atom is 0.592 e. The number of benzene rings is 1. The molecule has 2 aromatic rings. The van der Waals surface area contributed by atoms with E-state index in [1.807, 2.05) is 11.7 Å². The van der Waals surface area contributed by atoms with Crippen molar-refractivity contribution in [2.75, 3.05) is 18.0 Å². The van der Waals surface area contributed by atoms with Gasteiger partial charge in [0.15, 0.2) is 0 Å². The number of aromatic amines is 1. The summed E-state index contributed by atoms with van der Waals surface area (Å²) in [6, 6.07) is 4.27. The fourth-order valence-corrected chi connectivity index (χ4v) is 3.53. The van der Waals surface area contributed by atoms with Crippen molar-refractivity contribution in [3.05, 3.63) is 28.2 Å². The number of nitrogens with one attached hydrogen (secondary N) is 1. The Kier molecular flexibility index (Phi) is 2.55. The van der Waals surface area contributed by atoms with Gasteiger partial charge in [-0.05, 0) is 54.2 Å². The molecule has 0 unspecified atom stereocenters. The van der Waals surface area contributed by atoms with Crippen LogP contribution in [0.2, 0.25) is 0 Å². The first-order valence-corrected chi connectivity index (χ1v) is 7.49. The van der Waals surface area contributed by atoms with Gasteiger partial charge in [-0.2, -0.15) is 9.58 Å². The average Bonchev–Trinajstić information content (AvgIpc) is 3.11. The lowest BCUT2D eigenvalue weighted by molar-refractivity contribution is -0.596. The van der Waals surface area contributed by atoms with Gasteiger partial charge >= 0.3 is 5.95 Å². The summed E-state index contributed by atoms with van der Waals surface area (Å²) in [7, 11) is 1.99. The van der Waals surface area contributed by atoms with Crippen molar-refractivity contribution < 1.29 is 9.53 Å². The van der Waals surface area contributed by atoms with Gasteiger partial charge in [0.25, 0.3) is 0 Å². The highest BCUT2D eigenvalue weighted by molar-refractivity contribution is 5.73. The van der Waals surface area contributed by atoms with Gasteiger partial charge in [0.05, 0.1) is 7.05 Å². The topological polar surface area (TPSA) is 45.3 Å². The Bertz CT molecular complexity index is 744. The molecule has 104 valence electrons. The molecule has 2 aliphatic rings. The monoisotopic (exact) mass is 272 g/mol. The molecule has 1 fully saturated rings. The molecule has 20 heavy (non-hydrogen) atoms. The molecule has 0 spiro atoms. The predicted octanol–water partition coefficient (Wildman–Crippen LogP) is 0.996. The Hall–Kier alpha value is -1.91. The summed E-state index contributed by atoms with van der Waals surface area (Å²) in [6.45, 7) is 1.93. The fourth-order valence-electron chi connectivity index (χ4n) is 3.53. The molecule has 5 heteroatoms. The lowest BCUT2D eigenvalue weighted by atomic mass is 10.1. The molecule has 1 aromatic carbocycles. The second kappa shape index (κ2) is 4.30. The van der Waals surface area contributed by atoms with Crippen LogP contribution >= 0.6 is 0 Å². The van der Waals surface area contributed by atoms with Crippen LogP contribution in [-0.4, -0.2) is 17.8 Å². The minimum Gasteiger partial charge on any atom is -0.190 e. The molecule has 5 nitrogen and oxygen atoms in total. The van der Waals surface area contributed by atoms with Crippen LogP contribution in [0.5, 0.6) is 0 Å². The molecular formula is C15H20N4O+2. The molecule has 1 aromatic heterocycles. The van der Waals surface area contributed by atoms with E-state index in [4.69, 9.17) is 0 Å². The summed E-state index contributed by atoms with van der Waals surface area (Å²) in [6.07, 6.45) is 5.78. The maximum atomic E-state index is 12.7. The van der Waals surface area contributed by atoms with Gasteiger partial charge in [0.2, 0.25) is 5.52 Å². The number of nitrogens with zero attached hydrogens (tertiary/aromatic N) is 3. The summed E-state index contributed by atoms with van der Waals surface area (Å²) in [5.41, 5.74) is 4.52. The number of fused-ring (bicyclic) bond motifs is 2. The van der Waals surface area contributed by atoms with Gasteiger partial charge in [-0.15, -0.1) is 0 Å². The highest BCUT2D eigenvalue weighted by Gasteiger charge is 2.34. The Morgan fingerprint density at radius 2 is 1.80 bits per heavy atom. The molecule has 0 atom stereocenters. The molecule has 1 saturated heterocycles. The van der Waals surface area contributed by atoms with E-state index in [-0.39, 0.29) is 0 Å². The van der Waals surface area contributed by atoms with Crippen LogP contribution in [-0.2, 0) is 19.9 Å². The van der Waals surface area contributed by atoms with Crippen molar-refractivity contribution in [2.45, 2.75) is 32.1 Å². The molecule has 0 amide bonds. The van der Waals surface area contributed by atoms with E-state index >= 15 is 0 Å². The predicted molar refractivity (Wildman–Crippen MR) is 76.3 cm³/mol. The van der Waals surface area contributed by atoms with Gasteiger partial charge in [-0.3, -0.25) is 0 Å². The van der Waals surface area contributed by atoms with E-state index in [0.29, 0.717) is 5.95 Å².